The molecule has 1 aromatic rings. The maximum Gasteiger partial charge on any atom is 0.185 e. The lowest BCUT2D eigenvalue weighted by atomic mass is 10.2. The molecule has 0 aromatic carbocycles. The molecule has 1 aromatic heterocycles. The second-order valence-electron chi connectivity index (χ2n) is 6.03. The number of aromatic nitrogens is 1. The van der Waals surface area contributed by atoms with Gasteiger partial charge in [-0.3, -0.25) is 0 Å². The molecule has 1 heterocycles. The minimum atomic E-state index is 0.584. The number of nitrogens with zero attached hydrogens (tertiary/aromatic N) is 2. The highest BCUT2D eigenvalue weighted by Gasteiger charge is 2.33. The van der Waals surface area contributed by atoms with Gasteiger partial charge in [0.2, 0.25) is 0 Å². The summed E-state index contributed by atoms with van der Waals surface area (Å²) in [6.45, 7) is 5.01. The molecule has 20 heavy (non-hydrogen) atoms. The average molecular weight is 295 g/mol. The molecule has 3 rings (SSSR count). The number of hydrogen-bond donors (Lipinski definition) is 1. The predicted molar refractivity (Wildman–Crippen MR) is 83.4 cm³/mol. The van der Waals surface area contributed by atoms with Crippen molar-refractivity contribution in [2.75, 3.05) is 25.2 Å². The van der Waals surface area contributed by atoms with Crippen molar-refractivity contribution < 1.29 is 4.74 Å². The summed E-state index contributed by atoms with van der Waals surface area (Å²) in [6, 6.07) is 1.34. The minimum Gasteiger partial charge on any atom is -0.383 e. The topological polar surface area (TPSA) is 37.4 Å². The molecule has 1 N–H and O–H groups in total. The van der Waals surface area contributed by atoms with Crippen molar-refractivity contribution in [2.45, 2.75) is 51.2 Å². The number of anilines is 1. The predicted octanol–water partition coefficient (Wildman–Crippen LogP) is 2.65. The summed E-state index contributed by atoms with van der Waals surface area (Å²) in [5.41, 5.74) is 0. The quantitative estimate of drug-likeness (QED) is 0.760. The fourth-order valence-corrected chi connectivity index (χ4v) is 3.52. The van der Waals surface area contributed by atoms with Gasteiger partial charge in [-0.25, -0.2) is 4.98 Å². The van der Waals surface area contributed by atoms with Crippen LogP contribution in [0.15, 0.2) is 6.20 Å². The highest BCUT2D eigenvalue weighted by molar-refractivity contribution is 7.15. The van der Waals surface area contributed by atoms with Crippen molar-refractivity contribution in [1.29, 1.82) is 0 Å². The normalized spacial score (nSPS) is 20.1. The van der Waals surface area contributed by atoms with Crippen LogP contribution in [0.2, 0.25) is 0 Å². The molecule has 2 aliphatic carbocycles. The summed E-state index contributed by atoms with van der Waals surface area (Å²) in [5, 5.41) is 4.72. The lowest BCUT2D eigenvalue weighted by molar-refractivity contribution is 0.202. The highest BCUT2D eigenvalue weighted by Crippen LogP contribution is 2.37. The summed E-state index contributed by atoms with van der Waals surface area (Å²) < 4.78 is 5.26. The lowest BCUT2D eigenvalue weighted by Gasteiger charge is -2.28. The standard InChI is InChI=1S/C15H25N3OS/c1-11(12-3-4-12)18(7-8-19-2)15-17-10-14(20-15)9-16-13-5-6-13/h10-13,16H,3-9H2,1-2H3. The molecule has 2 fully saturated rings. The molecule has 112 valence electrons. The van der Waals surface area contributed by atoms with E-state index in [0.717, 1.165) is 36.8 Å². The van der Waals surface area contributed by atoms with E-state index in [2.05, 4.69) is 22.1 Å². The highest BCUT2D eigenvalue weighted by atomic mass is 32.1. The molecule has 4 nitrogen and oxygen atoms in total. The Morgan fingerprint density at radius 2 is 2.25 bits per heavy atom. The molecule has 0 aliphatic heterocycles. The van der Waals surface area contributed by atoms with Gasteiger partial charge in [0.1, 0.15) is 0 Å². The van der Waals surface area contributed by atoms with E-state index in [1.165, 1.54) is 30.6 Å². The first kappa shape index (κ1) is 14.3. The van der Waals surface area contributed by atoms with E-state index in [9.17, 15) is 0 Å². The molecule has 2 saturated carbocycles. The smallest absolute Gasteiger partial charge is 0.185 e. The zero-order valence-electron chi connectivity index (χ0n) is 12.5. The minimum absolute atomic E-state index is 0.584. The van der Waals surface area contributed by atoms with Crippen LogP contribution in [0, 0.1) is 5.92 Å². The van der Waals surface area contributed by atoms with Crippen molar-refractivity contribution >= 4 is 16.5 Å². The Morgan fingerprint density at radius 3 is 2.90 bits per heavy atom. The summed E-state index contributed by atoms with van der Waals surface area (Å²) in [4.78, 5) is 8.43. The Kier molecular flexibility index (Phi) is 4.58. The Morgan fingerprint density at radius 1 is 1.45 bits per heavy atom. The van der Waals surface area contributed by atoms with Crippen LogP contribution in [0.4, 0.5) is 5.13 Å². The van der Waals surface area contributed by atoms with Gasteiger partial charge in [-0.1, -0.05) is 0 Å². The van der Waals surface area contributed by atoms with Crippen molar-refractivity contribution in [3.63, 3.8) is 0 Å². The van der Waals surface area contributed by atoms with Gasteiger partial charge in [0.25, 0.3) is 0 Å². The van der Waals surface area contributed by atoms with Crippen molar-refractivity contribution in [3.8, 4) is 0 Å². The van der Waals surface area contributed by atoms with Crippen LogP contribution in [0.5, 0.6) is 0 Å². The van der Waals surface area contributed by atoms with Crippen molar-refractivity contribution in [2.24, 2.45) is 5.92 Å². The van der Waals surface area contributed by atoms with Gasteiger partial charge in [0, 0.05) is 43.4 Å². The summed E-state index contributed by atoms with van der Waals surface area (Å²) in [6.07, 6.45) is 7.45. The summed E-state index contributed by atoms with van der Waals surface area (Å²) in [7, 11) is 1.77. The van der Waals surface area contributed by atoms with Crippen LogP contribution < -0.4 is 10.2 Å². The van der Waals surface area contributed by atoms with Crippen LogP contribution in [-0.4, -0.2) is 37.3 Å². The third-order valence-electron chi connectivity index (χ3n) is 4.26. The molecule has 0 spiro atoms. The van der Waals surface area contributed by atoms with E-state index in [1.807, 2.05) is 17.5 Å². The third kappa shape index (κ3) is 3.71. The first-order valence-electron chi connectivity index (χ1n) is 7.71. The Balaban J connectivity index is 1.61. The van der Waals surface area contributed by atoms with Crippen LogP contribution >= 0.6 is 11.3 Å². The van der Waals surface area contributed by atoms with E-state index in [4.69, 9.17) is 4.74 Å². The van der Waals surface area contributed by atoms with Gasteiger partial charge >= 0.3 is 0 Å². The molecular weight excluding hydrogens is 270 g/mol. The van der Waals surface area contributed by atoms with E-state index >= 15 is 0 Å². The molecule has 0 amide bonds. The van der Waals surface area contributed by atoms with Gasteiger partial charge in [-0.15, -0.1) is 11.3 Å². The first-order chi connectivity index (χ1) is 9.78. The Labute approximate surface area is 125 Å². The Bertz CT molecular complexity index is 429. The molecular formula is C15H25N3OS. The van der Waals surface area contributed by atoms with E-state index < -0.39 is 0 Å². The van der Waals surface area contributed by atoms with Gasteiger partial charge in [-0.05, 0) is 38.5 Å². The average Bonchev–Trinajstić information content (AvgIpc) is 3.36. The number of ether oxygens (including phenoxy) is 1. The van der Waals surface area contributed by atoms with Crippen LogP contribution in [0.25, 0.3) is 0 Å². The monoisotopic (exact) mass is 295 g/mol. The van der Waals surface area contributed by atoms with Gasteiger partial charge < -0.3 is 15.0 Å². The molecule has 0 radical (unpaired) electrons. The maximum absolute atomic E-state index is 5.26. The van der Waals surface area contributed by atoms with Gasteiger partial charge in [-0.2, -0.15) is 0 Å². The zero-order chi connectivity index (χ0) is 13.9. The largest absolute Gasteiger partial charge is 0.383 e. The van der Waals surface area contributed by atoms with Crippen LogP contribution in [0.3, 0.4) is 0 Å². The molecule has 1 unspecified atom stereocenters. The number of thiazole rings is 1. The third-order valence-corrected chi connectivity index (χ3v) is 5.30. The van der Waals surface area contributed by atoms with E-state index in [-0.39, 0.29) is 0 Å². The summed E-state index contributed by atoms with van der Waals surface area (Å²) in [5.74, 6) is 0.851. The van der Waals surface area contributed by atoms with E-state index in [1.54, 1.807) is 7.11 Å². The molecule has 1 atom stereocenters. The summed E-state index contributed by atoms with van der Waals surface area (Å²) >= 11 is 1.83. The van der Waals surface area contributed by atoms with Crippen LogP contribution in [-0.2, 0) is 11.3 Å². The maximum atomic E-state index is 5.26. The molecule has 5 heteroatoms. The lowest BCUT2D eigenvalue weighted by Crippen LogP contribution is -2.37. The Hall–Kier alpha value is -0.650. The fraction of sp³-hybridized carbons (Fsp3) is 0.800. The molecule has 2 aliphatic rings. The second-order valence-corrected chi connectivity index (χ2v) is 7.12. The molecule has 0 bridgehead atoms. The second kappa shape index (κ2) is 6.41. The van der Waals surface area contributed by atoms with Crippen molar-refractivity contribution in [1.82, 2.24) is 10.3 Å². The SMILES string of the molecule is COCCN(c1ncc(CNC2CC2)s1)C(C)C1CC1. The van der Waals surface area contributed by atoms with Gasteiger partial charge in [0.05, 0.1) is 6.61 Å². The number of rotatable bonds is 9. The van der Waals surface area contributed by atoms with Gasteiger partial charge in [0.15, 0.2) is 5.13 Å². The zero-order valence-corrected chi connectivity index (χ0v) is 13.3. The van der Waals surface area contributed by atoms with E-state index in [0.29, 0.717) is 6.04 Å². The van der Waals surface area contributed by atoms with Crippen LogP contribution in [0.1, 0.15) is 37.5 Å². The number of methoxy groups -OCH3 is 1. The first-order valence-corrected chi connectivity index (χ1v) is 8.53. The number of nitrogens with one attached hydrogen (secondary N) is 1. The number of hydrogen-bond acceptors (Lipinski definition) is 5. The van der Waals surface area contributed by atoms with Crippen molar-refractivity contribution in [3.05, 3.63) is 11.1 Å². The molecule has 0 saturated heterocycles. The fourth-order valence-electron chi connectivity index (χ4n) is 2.54.